The molecule has 19 heavy (non-hydrogen) atoms. The molecule has 0 aliphatic heterocycles. The maximum absolute atomic E-state index is 13.6. The SMILES string of the molecule is Cn1cc(CCS(=O)(=O)c2ccc(N)cc2F)cn1. The second-order valence-electron chi connectivity index (χ2n) is 4.28. The van der Waals surface area contributed by atoms with E-state index in [1.165, 1.54) is 12.1 Å². The van der Waals surface area contributed by atoms with Gasteiger partial charge in [0.1, 0.15) is 10.7 Å². The van der Waals surface area contributed by atoms with E-state index < -0.39 is 15.7 Å². The first-order valence-corrected chi connectivity index (χ1v) is 7.29. The molecule has 0 bridgehead atoms. The number of anilines is 1. The highest BCUT2D eigenvalue weighted by Gasteiger charge is 2.19. The van der Waals surface area contributed by atoms with Crippen LogP contribution in [0.2, 0.25) is 0 Å². The summed E-state index contributed by atoms with van der Waals surface area (Å²) in [6, 6.07) is 3.58. The molecular weight excluding hydrogens is 269 g/mol. The van der Waals surface area contributed by atoms with Gasteiger partial charge in [-0.25, -0.2) is 12.8 Å². The van der Waals surface area contributed by atoms with Crippen molar-refractivity contribution in [1.82, 2.24) is 9.78 Å². The minimum Gasteiger partial charge on any atom is -0.399 e. The van der Waals surface area contributed by atoms with Gasteiger partial charge >= 0.3 is 0 Å². The Labute approximate surface area is 110 Å². The predicted molar refractivity (Wildman–Crippen MR) is 69.8 cm³/mol. The van der Waals surface area contributed by atoms with Gasteiger partial charge in [-0.1, -0.05) is 0 Å². The van der Waals surface area contributed by atoms with E-state index in [0.717, 1.165) is 11.6 Å². The molecule has 102 valence electrons. The molecule has 0 saturated heterocycles. The fourth-order valence-electron chi connectivity index (χ4n) is 1.73. The van der Waals surface area contributed by atoms with Crippen LogP contribution in [0.3, 0.4) is 0 Å². The van der Waals surface area contributed by atoms with Crippen molar-refractivity contribution in [2.24, 2.45) is 7.05 Å². The standard InChI is InChI=1S/C12H14FN3O2S/c1-16-8-9(7-15-16)4-5-19(17,18)12-3-2-10(14)6-11(12)13/h2-3,6-8H,4-5,14H2,1H3. The highest BCUT2D eigenvalue weighted by atomic mass is 32.2. The molecule has 0 aliphatic rings. The summed E-state index contributed by atoms with van der Waals surface area (Å²) in [7, 11) is -1.92. The van der Waals surface area contributed by atoms with E-state index in [9.17, 15) is 12.8 Å². The highest BCUT2D eigenvalue weighted by molar-refractivity contribution is 7.91. The third-order valence-corrected chi connectivity index (χ3v) is 4.45. The Balaban J connectivity index is 2.18. The minimum atomic E-state index is -3.66. The lowest BCUT2D eigenvalue weighted by Crippen LogP contribution is -2.11. The summed E-state index contributed by atoms with van der Waals surface area (Å²) < 4.78 is 39.3. The van der Waals surface area contributed by atoms with Crippen molar-refractivity contribution in [3.63, 3.8) is 0 Å². The molecule has 0 aliphatic carbocycles. The predicted octanol–water partition coefficient (Wildman–Crippen LogP) is 1.16. The van der Waals surface area contributed by atoms with Gasteiger partial charge < -0.3 is 5.73 Å². The van der Waals surface area contributed by atoms with Crippen molar-refractivity contribution >= 4 is 15.5 Å². The normalized spacial score (nSPS) is 11.7. The summed E-state index contributed by atoms with van der Waals surface area (Å²) in [4.78, 5) is -0.314. The van der Waals surface area contributed by atoms with Crippen LogP contribution in [0.25, 0.3) is 0 Å². The Morgan fingerprint density at radius 3 is 2.74 bits per heavy atom. The smallest absolute Gasteiger partial charge is 0.181 e. The molecule has 2 N–H and O–H groups in total. The van der Waals surface area contributed by atoms with Crippen LogP contribution in [0.5, 0.6) is 0 Å². The first kappa shape index (κ1) is 13.5. The summed E-state index contributed by atoms with van der Waals surface area (Å²) >= 11 is 0. The van der Waals surface area contributed by atoms with E-state index in [1.807, 2.05) is 0 Å². The van der Waals surface area contributed by atoms with Crippen LogP contribution in [0.15, 0.2) is 35.5 Å². The Morgan fingerprint density at radius 2 is 2.16 bits per heavy atom. The molecular formula is C12H14FN3O2S. The van der Waals surface area contributed by atoms with Crippen LogP contribution < -0.4 is 5.73 Å². The molecule has 0 atom stereocenters. The van der Waals surface area contributed by atoms with Crippen LogP contribution in [0.1, 0.15) is 5.56 Å². The van der Waals surface area contributed by atoms with Crippen LogP contribution in [0, 0.1) is 5.82 Å². The Hall–Kier alpha value is -1.89. The molecule has 0 spiro atoms. The average Bonchev–Trinajstić information content (AvgIpc) is 2.72. The fraction of sp³-hybridized carbons (Fsp3) is 0.250. The number of hydrogen-bond donors (Lipinski definition) is 1. The van der Waals surface area contributed by atoms with Crippen molar-refractivity contribution in [2.75, 3.05) is 11.5 Å². The molecule has 2 aromatic rings. The van der Waals surface area contributed by atoms with Gasteiger partial charge in [0.15, 0.2) is 9.84 Å². The summed E-state index contributed by atoms with van der Waals surface area (Å²) in [6.07, 6.45) is 3.61. The first-order chi connectivity index (χ1) is 8.88. The molecule has 0 fully saturated rings. The average molecular weight is 283 g/mol. The second kappa shape index (κ2) is 5.00. The van der Waals surface area contributed by atoms with Crippen LogP contribution >= 0.6 is 0 Å². The molecule has 2 rings (SSSR count). The summed E-state index contributed by atoms with van der Waals surface area (Å²) in [6.45, 7) is 0. The van der Waals surface area contributed by atoms with Crippen molar-refractivity contribution in [3.05, 3.63) is 42.0 Å². The molecule has 0 amide bonds. The Kier molecular flexibility index (Phi) is 3.57. The van der Waals surface area contributed by atoms with Crippen LogP contribution in [0.4, 0.5) is 10.1 Å². The number of sulfone groups is 1. The van der Waals surface area contributed by atoms with Gasteiger partial charge in [0, 0.05) is 18.9 Å². The zero-order chi connectivity index (χ0) is 14.0. The fourth-order valence-corrected chi connectivity index (χ4v) is 3.09. The number of aromatic nitrogens is 2. The Morgan fingerprint density at radius 1 is 1.42 bits per heavy atom. The second-order valence-corrected chi connectivity index (χ2v) is 6.36. The third-order valence-electron chi connectivity index (χ3n) is 2.71. The first-order valence-electron chi connectivity index (χ1n) is 5.64. The number of hydrogen-bond acceptors (Lipinski definition) is 4. The molecule has 0 unspecified atom stereocenters. The van der Waals surface area contributed by atoms with E-state index in [2.05, 4.69) is 5.10 Å². The number of aryl methyl sites for hydroxylation is 2. The third kappa shape index (κ3) is 3.11. The number of halogens is 1. The van der Waals surface area contributed by atoms with Crippen LogP contribution in [-0.2, 0) is 23.3 Å². The van der Waals surface area contributed by atoms with Gasteiger partial charge in [-0.3, -0.25) is 4.68 Å². The maximum Gasteiger partial charge on any atom is 0.181 e. The number of nitrogens with two attached hydrogens (primary N) is 1. The largest absolute Gasteiger partial charge is 0.399 e. The molecule has 1 aromatic heterocycles. The van der Waals surface area contributed by atoms with Gasteiger partial charge in [0.2, 0.25) is 0 Å². The van der Waals surface area contributed by atoms with Gasteiger partial charge in [-0.2, -0.15) is 5.10 Å². The van der Waals surface area contributed by atoms with E-state index >= 15 is 0 Å². The lowest BCUT2D eigenvalue weighted by molar-refractivity contribution is 0.567. The molecule has 0 saturated carbocycles. The van der Waals surface area contributed by atoms with E-state index in [1.54, 1.807) is 24.1 Å². The topological polar surface area (TPSA) is 78.0 Å². The van der Waals surface area contributed by atoms with E-state index in [-0.39, 0.29) is 16.3 Å². The summed E-state index contributed by atoms with van der Waals surface area (Å²) in [5.74, 6) is -0.981. The summed E-state index contributed by atoms with van der Waals surface area (Å²) in [5, 5.41) is 3.95. The maximum atomic E-state index is 13.6. The lowest BCUT2D eigenvalue weighted by Gasteiger charge is -2.05. The molecule has 7 heteroatoms. The molecule has 1 heterocycles. The highest BCUT2D eigenvalue weighted by Crippen LogP contribution is 2.19. The summed E-state index contributed by atoms with van der Waals surface area (Å²) in [5.41, 5.74) is 6.38. The quantitative estimate of drug-likeness (QED) is 0.854. The van der Waals surface area contributed by atoms with Gasteiger partial charge in [-0.15, -0.1) is 0 Å². The zero-order valence-corrected chi connectivity index (χ0v) is 11.2. The van der Waals surface area contributed by atoms with Crippen molar-refractivity contribution in [1.29, 1.82) is 0 Å². The lowest BCUT2D eigenvalue weighted by atomic mass is 10.3. The van der Waals surface area contributed by atoms with E-state index in [4.69, 9.17) is 5.73 Å². The van der Waals surface area contributed by atoms with Gasteiger partial charge in [-0.05, 0) is 30.2 Å². The monoisotopic (exact) mass is 283 g/mol. The molecule has 5 nitrogen and oxygen atoms in total. The van der Waals surface area contributed by atoms with E-state index in [0.29, 0.717) is 6.42 Å². The number of benzene rings is 1. The molecule has 1 aromatic carbocycles. The van der Waals surface area contributed by atoms with Crippen molar-refractivity contribution in [2.45, 2.75) is 11.3 Å². The number of nitrogens with zero attached hydrogens (tertiary/aromatic N) is 2. The van der Waals surface area contributed by atoms with Crippen molar-refractivity contribution in [3.8, 4) is 0 Å². The number of rotatable bonds is 4. The number of nitrogen functional groups attached to an aromatic ring is 1. The van der Waals surface area contributed by atoms with Crippen LogP contribution in [-0.4, -0.2) is 24.0 Å². The zero-order valence-electron chi connectivity index (χ0n) is 10.4. The molecule has 0 radical (unpaired) electrons. The van der Waals surface area contributed by atoms with Crippen molar-refractivity contribution < 1.29 is 12.8 Å². The Bertz CT molecular complexity index is 695. The van der Waals surface area contributed by atoms with Gasteiger partial charge in [0.05, 0.1) is 11.9 Å². The minimum absolute atomic E-state index is 0.167. The van der Waals surface area contributed by atoms with Gasteiger partial charge in [0.25, 0.3) is 0 Å².